The summed E-state index contributed by atoms with van der Waals surface area (Å²) in [6.07, 6.45) is 1.30. The van der Waals surface area contributed by atoms with E-state index >= 15 is 0 Å². The topological polar surface area (TPSA) is 59.9 Å². The highest BCUT2D eigenvalue weighted by atomic mass is 19.3. The molecule has 132 valence electrons. The van der Waals surface area contributed by atoms with Gasteiger partial charge in [0.25, 0.3) is 5.91 Å². The Labute approximate surface area is 142 Å². The monoisotopic (exact) mass is 352 g/mol. The Morgan fingerprint density at radius 3 is 2.60 bits per heavy atom. The molecule has 0 bridgehead atoms. The van der Waals surface area contributed by atoms with Gasteiger partial charge in [-0.3, -0.25) is 4.79 Å². The van der Waals surface area contributed by atoms with Crippen molar-refractivity contribution in [2.45, 2.75) is 13.5 Å². The van der Waals surface area contributed by atoms with Crippen LogP contribution < -0.4 is 10.1 Å². The summed E-state index contributed by atoms with van der Waals surface area (Å²) in [4.78, 5) is 16.5. The lowest BCUT2D eigenvalue weighted by molar-refractivity contribution is -0.120. The van der Waals surface area contributed by atoms with Crippen molar-refractivity contribution in [1.82, 2.24) is 0 Å². The van der Waals surface area contributed by atoms with Crippen LogP contribution in [-0.4, -0.2) is 25.3 Å². The van der Waals surface area contributed by atoms with E-state index in [0.717, 1.165) is 5.56 Å². The summed E-state index contributed by atoms with van der Waals surface area (Å²) in [6, 6.07) is 10.1. The maximum Gasteiger partial charge on any atom is 0.387 e. The summed E-state index contributed by atoms with van der Waals surface area (Å²) in [7, 11) is 0. The van der Waals surface area contributed by atoms with Crippen LogP contribution in [0.15, 0.2) is 47.6 Å². The number of rotatable bonds is 7. The standard InChI is InChI=1S/C17H15F3N2O3/c1-11-2-7-15(14(18)8-11)22-16(23)10-24-21-9-12-3-5-13(6-4-12)25-17(19)20/h2-9,17H,10H2,1H3,(H,22,23)/b21-9+. The fourth-order valence-corrected chi connectivity index (χ4v) is 1.84. The van der Waals surface area contributed by atoms with Crippen molar-refractivity contribution >= 4 is 17.8 Å². The summed E-state index contributed by atoms with van der Waals surface area (Å²) in [5, 5.41) is 5.94. The summed E-state index contributed by atoms with van der Waals surface area (Å²) < 4.78 is 41.8. The molecule has 0 fully saturated rings. The zero-order valence-corrected chi connectivity index (χ0v) is 13.2. The van der Waals surface area contributed by atoms with Crippen LogP contribution in [0.3, 0.4) is 0 Å². The van der Waals surface area contributed by atoms with Gasteiger partial charge < -0.3 is 14.9 Å². The molecule has 2 aromatic rings. The molecule has 0 spiro atoms. The van der Waals surface area contributed by atoms with E-state index in [0.29, 0.717) is 5.56 Å². The van der Waals surface area contributed by atoms with Gasteiger partial charge in [0.05, 0.1) is 11.9 Å². The van der Waals surface area contributed by atoms with Crippen LogP contribution >= 0.6 is 0 Å². The zero-order chi connectivity index (χ0) is 18.2. The van der Waals surface area contributed by atoms with Crippen LogP contribution in [0, 0.1) is 12.7 Å². The first-order valence-corrected chi connectivity index (χ1v) is 7.20. The van der Waals surface area contributed by atoms with E-state index in [9.17, 15) is 18.0 Å². The maximum absolute atomic E-state index is 13.6. The first kappa shape index (κ1) is 18.3. The highest BCUT2D eigenvalue weighted by Gasteiger charge is 2.07. The molecule has 0 atom stereocenters. The minimum Gasteiger partial charge on any atom is -0.435 e. The Morgan fingerprint density at radius 2 is 1.96 bits per heavy atom. The van der Waals surface area contributed by atoms with Crippen LogP contribution in [0.1, 0.15) is 11.1 Å². The average molecular weight is 352 g/mol. The Morgan fingerprint density at radius 1 is 1.24 bits per heavy atom. The lowest BCUT2D eigenvalue weighted by atomic mass is 10.2. The molecule has 2 rings (SSSR count). The van der Waals surface area contributed by atoms with Gasteiger partial charge in [0.1, 0.15) is 11.6 Å². The number of halogens is 3. The van der Waals surface area contributed by atoms with Crippen molar-refractivity contribution in [1.29, 1.82) is 0 Å². The van der Waals surface area contributed by atoms with Gasteiger partial charge in [-0.05, 0) is 54.4 Å². The molecular weight excluding hydrogens is 337 g/mol. The van der Waals surface area contributed by atoms with E-state index in [1.54, 1.807) is 13.0 Å². The van der Waals surface area contributed by atoms with Crippen molar-refractivity contribution in [2.24, 2.45) is 5.16 Å². The highest BCUT2D eigenvalue weighted by Crippen LogP contribution is 2.15. The SMILES string of the molecule is Cc1ccc(NC(=O)CO/N=C/c2ccc(OC(F)F)cc2)c(F)c1. The number of nitrogens with zero attached hydrogens (tertiary/aromatic N) is 1. The summed E-state index contributed by atoms with van der Waals surface area (Å²) >= 11 is 0. The molecule has 0 aliphatic carbocycles. The van der Waals surface area contributed by atoms with Gasteiger partial charge in [0.2, 0.25) is 0 Å². The zero-order valence-electron chi connectivity index (χ0n) is 13.2. The van der Waals surface area contributed by atoms with E-state index in [4.69, 9.17) is 4.84 Å². The van der Waals surface area contributed by atoms with E-state index in [2.05, 4.69) is 15.2 Å². The fraction of sp³-hybridized carbons (Fsp3) is 0.176. The van der Waals surface area contributed by atoms with Crippen LogP contribution in [0.5, 0.6) is 5.75 Å². The van der Waals surface area contributed by atoms with Crippen LogP contribution in [0.4, 0.5) is 18.9 Å². The third-order valence-electron chi connectivity index (χ3n) is 2.98. The van der Waals surface area contributed by atoms with Gasteiger partial charge in [-0.2, -0.15) is 8.78 Å². The molecule has 0 aliphatic rings. The van der Waals surface area contributed by atoms with Gasteiger partial charge in [-0.1, -0.05) is 11.2 Å². The van der Waals surface area contributed by atoms with Gasteiger partial charge in [-0.25, -0.2) is 4.39 Å². The van der Waals surface area contributed by atoms with Gasteiger partial charge in [0, 0.05) is 0 Å². The van der Waals surface area contributed by atoms with Gasteiger partial charge in [-0.15, -0.1) is 0 Å². The molecule has 5 nitrogen and oxygen atoms in total. The third-order valence-corrected chi connectivity index (χ3v) is 2.98. The molecule has 8 heteroatoms. The third kappa shape index (κ3) is 6.17. The molecule has 25 heavy (non-hydrogen) atoms. The molecule has 1 N–H and O–H groups in total. The smallest absolute Gasteiger partial charge is 0.387 e. The van der Waals surface area contributed by atoms with E-state index in [1.165, 1.54) is 42.6 Å². The number of benzene rings is 2. The molecule has 0 saturated carbocycles. The maximum atomic E-state index is 13.6. The Balaban J connectivity index is 1.79. The van der Waals surface area contributed by atoms with Crippen LogP contribution in [0.2, 0.25) is 0 Å². The predicted octanol–water partition coefficient (Wildman–Crippen LogP) is 3.72. The number of alkyl halides is 2. The Hall–Kier alpha value is -3.03. The average Bonchev–Trinajstić information content (AvgIpc) is 2.55. The number of nitrogens with one attached hydrogen (secondary N) is 1. The predicted molar refractivity (Wildman–Crippen MR) is 86.4 cm³/mol. The molecule has 2 aromatic carbocycles. The number of carbonyl (C=O) groups is 1. The molecular formula is C17H15F3N2O3. The highest BCUT2D eigenvalue weighted by molar-refractivity contribution is 5.91. The number of anilines is 1. The lowest BCUT2D eigenvalue weighted by Crippen LogP contribution is -2.17. The molecule has 0 saturated heterocycles. The van der Waals surface area contributed by atoms with E-state index in [1.807, 2.05) is 0 Å². The minimum absolute atomic E-state index is 0.0209. The van der Waals surface area contributed by atoms with E-state index in [-0.39, 0.29) is 11.4 Å². The van der Waals surface area contributed by atoms with Crippen molar-refractivity contribution < 1.29 is 27.5 Å². The number of aryl methyl sites for hydroxylation is 1. The number of carbonyl (C=O) groups excluding carboxylic acids is 1. The molecule has 1 amide bonds. The van der Waals surface area contributed by atoms with Crippen LogP contribution in [-0.2, 0) is 9.63 Å². The molecule has 0 unspecified atom stereocenters. The van der Waals surface area contributed by atoms with Crippen molar-refractivity contribution in [3.05, 3.63) is 59.4 Å². The number of oxime groups is 1. The first-order valence-electron chi connectivity index (χ1n) is 7.20. The minimum atomic E-state index is -2.89. The summed E-state index contributed by atoms with van der Waals surface area (Å²) in [5.41, 5.74) is 1.35. The Bertz CT molecular complexity index is 749. The largest absolute Gasteiger partial charge is 0.435 e. The van der Waals surface area contributed by atoms with Gasteiger partial charge in [0.15, 0.2) is 6.61 Å². The second-order valence-corrected chi connectivity index (χ2v) is 4.99. The fourth-order valence-electron chi connectivity index (χ4n) is 1.84. The quantitative estimate of drug-likeness (QED) is 0.610. The lowest BCUT2D eigenvalue weighted by Gasteiger charge is -2.06. The number of amides is 1. The first-order chi connectivity index (χ1) is 11.9. The molecule has 0 aromatic heterocycles. The molecule has 0 heterocycles. The Kier molecular flexibility index (Phi) is 6.39. The molecule has 0 aliphatic heterocycles. The number of hydrogen-bond acceptors (Lipinski definition) is 4. The second-order valence-electron chi connectivity index (χ2n) is 4.99. The summed E-state index contributed by atoms with van der Waals surface area (Å²) in [6.45, 7) is -1.56. The second kappa shape index (κ2) is 8.72. The number of hydrogen-bond donors (Lipinski definition) is 1. The van der Waals surface area contributed by atoms with E-state index < -0.39 is 24.9 Å². The molecule has 0 radical (unpaired) electrons. The van der Waals surface area contributed by atoms with Crippen LogP contribution in [0.25, 0.3) is 0 Å². The van der Waals surface area contributed by atoms with Gasteiger partial charge >= 0.3 is 6.61 Å². The number of ether oxygens (including phenoxy) is 1. The summed E-state index contributed by atoms with van der Waals surface area (Å²) in [5.74, 6) is -1.09. The van der Waals surface area contributed by atoms with Crippen molar-refractivity contribution in [3.63, 3.8) is 0 Å². The normalized spacial score (nSPS) is 10.9. The van der Waals surface area contributed by atoms with Crippen molar-refractivity contribution in [3.8, 4) is 5.75 Å². The van der Waals surface area contributed by atoms with Crippen molar-refractivity contribution in [2.75, 3.05) is 11.9 Å².